The maximum absolute atomic E-state index is 13.6. The summed E-state index contributed by atoms with van der Waals surface area (Å²) in [4.78, 5) is 22.1. The average Bonchev–Trinajstić information content (AvgIpc) is 3.23. The first kappa shape index (κ1) is 24.6. The number of hydrogen-bond acceptors (Lipinski definition) is 5. The Morgan fingerprint density at radius 2 is 1.80 bits per heavy atom. The predicted molar refractivity (Wildman–Crippen MR) is 136 cm³/mol. The molecule has 0 fully saturated rings. The van der Waals surface area contributed by atoms with Gasteiger partial charge in [-0.05, 0) is 35.1 Å². The molecule has 0 aliphatic rings. The summed E-state index contributed by atoms with van der Waals surface area (Å²) in [6, 6.07) is 11.2. The number of aromatic nitrogens is 5. The van der Waals surface area contributed by atoms with Crippen LogP contribution >= 0.6 is 11.6 Å². The van der Waals surface area contributed by atoms with E-state index < -0.39 is 0 Å². The predicted octanol–water partition coefficient (Wildman–Crippen LogP) is 4.89. The number of imidazole rings is 1. The fourth-order valence-electron chi connectivity index (χ4n) is 4.33. The van der Waals surface area contributed by atoms with Crippen LogP contribution in [0.5, 0.6) is 5.88 Å². The topological polar surface area (TPSA) is 102 Å². The summed E-state index contributed by atoms with van der Waals surface area (Å²) in [6.45, 7) is 11.3. The second-order valence-electron chi connectivity index (χ2n) is 10.3. The molecule has 0 aliphatic carbocycles. The molecule has 35 heavy (non-hydrogen) atoms. The molecule has 1 aromatic carbocycles. The van der Waals surface area contributed by atoms with Crippen molar-refractivity contribution in [1.82, 2.24) is 23.7 Å². The third-order valence-electron chi connectivity index (χ3n) is 5.81. The van der Waals surface area contributed by atoms with E-state index in [1.807, 2.05) is 42.7 Å². The smallest absolute Gasteiger partial charge is 0.331 e. The van der Waals surface area contributed by atoms with Gasteiger partial charge in [-0.25, -0.2) is 14.8 Å². The van der Waals surface area contributed by atoms with E-state index in [1.54, 1.807) is 22.9 Å². The van der Waals surface area contributed by atoms with Gasteiger partial charge in [-0.3, -0.25) is 9.13 Å². The Kier molecular flexibility index (Phi) is 6.48. The highest BCUT2D eigenvalue weighted by molar-refractivity contribution is 6.30. The molecule has 0 bridgehead atoms. The van der Waals surface area contributed by atoms with Crippen LogP contribution in [0.4, 0.5) is 0 Å². The molecule has 1 N–H and O–H groups in total. The Morgan fingerprint density at radius 3 is 2.40 bits per heavy atom. The summed E-state index contributed by atoms with van der Waals surface area (Å²) in [5.74, 6) is -0.0235. The maximum atomic E-state index is 13.6. The number of halogens is 1. The highest BCUT2D eigenvalue weighted by atomic mass is 35.5. The number of nitriles is 1. The molecule has 8 nitrogen and oxygen atoms in total. The van der Waals surface area contributed by atoms with Crippen LogP contribution in [-0.2, 0) is 19.6 Å². The number of fused-ring (bicyclic) bond motifs is 1. The van der Waals surface area contributed by atoms with E-state index in [1.165, 1.54) is 4.57 Å². The van der Waals surface area contributed by atoms with Crippen molar-refractivity contribution < 1.29 is 5.11 Å². The fraction of sp³-hybridized carbons (Fsp3) is 0.385. The van der Waals surface area contributed by atoms with E-state index in [9.17, 15) is 15.2 Å². The molecule has 3 aromatic heterocycles. The molecule has 0 unspecified atom stereocenters. The molecule has 0 radical (unpaired) electrons. The lowest BCUT2D eigenvalue weighted by molar-refractivity contribution is 0.340. The van der Waals surface area contributed by atoms with Crippen molar-refractivity contribution in [3.05, 3.63) is 74.8 Å². The van der Waals surface area contributed by atoms with Crippen LogP contribution in [0.15, 0.2) is 41.3 Å². The molecule has 3 heterocycles. The number of nitrogens with zero attached hydrogens (tertiary/aromatic N) is 6. The van der Waals surface area contributed by atoms with Gasteiger partial charge in [0, 0.05) is 28.8 Å². The van der Waals surface area contributed by atoms with Crippen LogP contribution in [0, 0.1) is 16.7 Å². The zero-order valence-corrected chi connectivity index (χ0v) is 21.3. The first-order valence-corrected chi connectivity index (χ1v) is 11.9. The Labute approximate surface area is 209 Å². The Balaban J connectivity index is 1.83. The molecule has 182 valence electrons. The molecule has 0 saturated heterocycles. The van der Waals surface area contributed by atoms with Gasteiger partial charge in [-0.1, -0.05) is 58.4 Å². The van der Waals surface area contributed by atoms with Gasteiger partial charge in [0.1, 0.15) is 11.7 Å². The van der Waals surface area contributed by atoms with Crippen molar-refractivity contribution in [2.24, 2.45) is 5.41 Å². The summed E-state index contributed by atoms with van der Waals surface area (Å²) < 4.78 is 5.03. The van der Waals surface area contributed by atoms with Gasteiger partial charge in [-0.15, -0.1) is 0 Å². The van der Waals surface area contributed by atoms with Crippen LogP contribution in [0.2, 0.25) is 5.02 Å². The second-order valence-corrected chi connectivity index (χ2v) is 10.7. The maximum Gasteiger partial charge on any atom is 0.331 e. The van der Waals surface area contributed by atoms with Gasteiger partial charge in [0.2, 0.25) is 11.7 Å². The lowest BCUT2D eigenvalue weighted by Gasteiger charge is -2.21. The summed E-state index contributed by atoms with van der Waals surface area (Å²) in [5, 5.41) is 21.9. The van der Waals surface area contributed by atoms with E-state index in [2.05, 4.69) is 30.7 Å². The minimum atomic E-state index is -0.294. The van der Waals surface area contributed by atoms with Crippen molar-refractivity contribution in [2.75, 3.05) is 0 Å². The summed E-state index contributed by atoms with van der Waals surface area (Å²) >= 11 is 6.02. The van der Waals surface area contributed by atoms with Gasteiger partial charge >= 0.3 is 5.69 Å². The first-order chi connectivity index (χ1) is 16.5. The Hall–Kier alpha value is -3.57. The minimum absolute atomic E-state index is 0.0460. The van der Waals surface area contributed by atoms with Crippen molar-refractivity contribution in [3.63, 3.8) is 0 Å². The zero-order valence-electron chi connectivity index (χ0n) is 20.6. The van der Waals surface area contributed by atoms with Crippen molar-refractivity contribution >= 4 is 22.6 Å². The van der Waals surface area contributed by atoms with Crippen LogP contribution in [0.3, 0.4) is 0 Å². The molecule has 0 amide bonds. The van der Waals surface area contributed by atoms with Crippen LogP contribution in [0.25, 0.3) is 11.0 Å². The number of hydrogen-bond donors (Lipinski definition) is 1. The van der Waals surface area contributed by atoms with E-state index in [0.29, 0.717) is 29.5 Å². The Bertz CT molecular complexity index is 1480. The molecule has 0 atom stereocenters. The van der Waals surface area contributed by atoms with Gasteiger partial charge in [0.25, 0.3) is 0 Å². The summed E-state index contributed by atoms with van der Waals surface area (Å²) in [5.41, 5.74) is 2.55. The van der Waals surface area contributed by atoms with Gasteiger partial charge in [0.15, 0.2) is 0 Å². The first-order valence-electron chi connectivity index (χ1n) is 11.5. The monoisotopic (exact) mass is 492 g/mol. The van der Waals surface area contributed by atoms with Gasteiger partial charge in [-0.2, -0.15) is 5.26 Å². The molecule has 0 spiro atoms. The van der Waals surface area contributed by atoms with Crippen molar-refractivity contribution in [1.29, 1.82) is 5.26 Å². The minimum Gasteiger partial charge on any atom is -0.493 e. The molecule has 0 saturated carbocycles. The molecule has 0 aliphatic heterocycles. The third-order valence-corrected chi connectivity index (χ3v) is 6.06. The van der Waals surface area contributed by atoms with Crippen LogP contribution in [-0.4, -0.2) is 28.8 Å². The highest BCUT2D eigenvalue weighted by Crippen LogP contribution is 2.29. The number of benzene rings is 1. The van der Waals surface area contributed by atoms with E-state index in [-0.39, 0.29) is 35.3 Å². The van der Waals surface area contributed by atoms with E-state index in [4.69, 9.17) is 11.6 Å². The van der Waals surface area contributed by atoms with Crippen LogP contribution < -0.4 is 5.69 Å². The lowest BCUT2D eigenvalue weighted by atomic mass is 9.97. The Morgan fingerprint density at radius 1 is 1.11 bits per heavy atom. The van der Waals surface area contributed by atoms with E-state index >= 15 is 0 Å². The van der Waals surface area contributed by atoms with E-state index in [0.717, 1.165) is 16.6 Å². The average molecular weight is 493 g/mol. The molecule has 4 aromatic rings. The molecule has 9 heteroatoms. The fourth-order valence-corrected chi connectivity index (χ4v) is 4.45. The third kappa shape index (κ3) is 4.96. The molecular weight excluding hydrogens is 464 g/mol. The quantitative estimate of drug-likeness (QED) is 0.413. The number of rotatable bonds is 6. The summed E-state index contributed by atoms with van der Waals surface area (Å²) in [7, 11) is 0. The molecular formula is C26H29ClN6O2. The highest BCUT2D eigenvalue weighted by Gasteiger charge is 2.24. The normalized spacial score (nSPS) is 11.9. The summed E-state index contributed by atoms with van der Waals surface area (Å²) in [6.07, 6.45) is 1.62. The largest absolute Gasteiger partial charge is 0.493 e. The SMILES string of the molecule is CC(C)c1c(O)n(Cc2cc3cnc(C#N)nc3n2CC(C)(C)C)c(=O)n1Cc1ccc(Cl)cc1. The zero-order chi connectivity index (χ0) is 25.5. The van der Waals surface area contributed by atoms with Crippen LogP contribution in [0.1, 0.15) is 63.3 Å². The van der Waals surface area contributed by atoms with Crippen molar-refractivity contribution in [2.45, 2.75) is 60.2 Å². The standard InChI is InChI=1S/C26H29ClN6O2/c1-16(2)22-24(34)32(25(35)31(22)13-17-6-8-19(27)9-7-17)14-20-10-18-12-29-21(11-28)30-23(18)33(20)15-26(3,4)5/h6-10,12,16,34H,13-15H2,1-5H3. The van der Waals surface area contributed by atoms with Gasteiger partial charge < -0.3 is 9.67 Å². The molecule has 4 rings (SSSR count). The van der Waals surface area contributed by atoms with Crippen molar-refractivity contribution in [3.8, 4) is 11.9 Å². The number of aromatic hydroxyl groups is 1. The lowest BCUT2D eigenvalue weighted by Crippen LogP contribution is -2.27. The second kappa shape index (κ2) is 9.23. The van der Waals surface area contributed by atoms with Gasteiger partial charge in [0.05, 0.1) is 18.8 Å².